The number of nitrogens with one attached hydrogen (secondary N) is 1. The van der Waals surface area contributed by atoms with E-state index in [0.717, 1.165) is 58.7 Å². The summed E-state index contributed by atoms with van der Waals surface area (Å²) in [4.78, 5) is 30.7. The van der Waals surface area contributed by atoms with Gasteiger partial charge in [-0.3, -0.25) is 13.9 Å². The highest BCUT2D eigenvalue weighted by atomic mass is 32.2. The molecule has 9 heteroatoms. The molecule has 252 valence electrons. The first kappa shape index (κ1) is 34.7. The van der Waals surface area contributed by atoms with Crippen LogP contribution in [0.4, 0.5) is 5.69 Å². The number of benzene rings is 4. The molecule has 1 N–H and O–H groups in total. The highest BCUT2D eigenvalue weighted by molar-refractivity contribution is 7.92. The van der Waals surface area contributed by atoms with E-state index >= 15 is 0 Å². The van der Waals surface area contributed by atoms with Gasteiger partial charge >= 0.3 is 0 Å². The molecule has 2 amide bonds. The molecular formula is C39H45N3O5S. The van der Waals surface area contributed by atoms with E-state index in [1.807, 2.05) is 68.4 Å². The largest absolute Gasteiger partial charge is 0.497 e. The topological polar surface area (TPSA) is 96.0 Å². The summed E-state index contributed by atoms with van der Waals surface area (Å²) in [5.41, 5.74) is 3.95. The van der Waals surface area contributed by atoms with E-state index in [1.54, 1.807) is 53.4 Å². The van der Waals surface area contributed by atoms with Crippen molar-refractivity contribution in [1.29, 1.82) is 0 Å². The van der Waals surface area contributed by atoms with Gasteiger partial charge in [-0.1, -0.05) is 97.6 Å². The van der Waals surface area contributed by atoms with E-state index in [-0.39, 0.29) is 35.5 Å². The van der Waals surface area contributed by atoms with Gasteiger partial charge in [0.25, 0.3) is 10.0 Å². The second-order valence-electron chi connectivity index (χ2n) is 12.5. The number of sulfonamides is 1. The Bertz CT molecular complexity index is 1790. The Hall–Kier alpha value is -4.63. The first-order valence-corrected chi connectivity index (χ1v) is 18.0. The molecule has 1 atom stereocenters. The molecule has 4 aromatic carbocycles. The van der Waals surface area contributed by atoms with Gasteiger partial charge in [0.1, 0.15) is 18.3 Å². The predicted octanol–water partition coefficient (Wildman–Crippen LogP) is 6.60. The van der Waals surface area contributed by atoms with Crippen LogP contribution >= 0.6 is 0 Å². The molecule has 0 saturated heterocycles. The van der Waals surface area contributed by atoms with Gasteiger partial charge in [-0.2, -0.15) is 0 Å². The molecule has 0 spiro atoms. The van der Waals surface area contributed by atoms with Crippen LogP contribution in [0.1, 0.15) is 54.4 Å². The fourth-order valence-electron chi connectivity index (χ4n) is 6.20. The van der Waals surface area contributed by atoms with Crippen molar-refractivity contribution in [3.8, 4) is 5.75 Å². The van der Waals surface area contributed by atoms with Crippen LogP contribution in [0, 0.1) is 13.8 Å². The minimum absolute atomic E-state index is 0.0372. The van der Waals surface area contributed by atoms with Gasteiger partial charge in [-0.25, -0.2) is 8.42 Å². The zero-order valence-corrected chi connectivity index (χ0v) is 28.8. The maximum absolute atomic E-state index is 14.8. The zero-order chi connectivity index (χ0) is 34.1. The minimum Gasteiger partial charge on any atom is -0.497 e. The number of rotatable bonds is 13. The van der Waals surface area contributed by atoms with Crippen LogP contribution in [0.15, 0.2) is 108 Å². The number of ether oxygens (including phenoxy) is 1. The van der Waals surface area contributed by atoms with Gasteiger partial charge in [-0.05, 0) is 67.6 Å². The Morgan fingerprint density at radius 1 is 0.854 bits per heavy atom. The van der Waals surface area contributed by atoms with Crippen LogP contribution in [0.2, 0.25) is 0 Å². The first-order valence-electron chi connectivity index (χ1n) is 16.6. The molecule has 1 fully saturated rings. The van der Waals surface area contributed by atoms with Crippen molar-refractivity contribution in [3.05, 3.63) is 125 Å². The van der Waals surface area contributed by atoms with Crippen LogP contribution in [-0.4, -0.2) is 50.9 Å². The molecule has 5 rings (SSSR count). The summed E-state index contributed by atoms with van der Waals surface area (Å²) in [6.45, 7) is 3.47. The van der Waals surface area contributed by atoms with Crippen LogP contribution in [0.5, 0.6) is 5.75 Å². The molecule has 0 aliphatic heterocycles. The van der Waals surface area contributed by atoms with Crippen LogP contribution in [0.3, 0.4) is 0 Å². The van der Waals surface area contributed by atoms with Crippen molar-refractivity contribution < 1.29 is 22.7 Å². The Kier molecular flexibility index (Phi) is 11.5. The second kappa shape index (κ2) is 16.0. The molecule has 0 aromatic heterocycles. The average Bonchev–Trinajstić information content (AvgIpc) is 3.10. The van der Waals surface area contributed by atoms with Crippen molar-refractivity contribution >= 4 is 27.5 Å². The molecule has 1 saturated carbocycles. The Morgan fingerprint density at radius 2 is 1.54 bits per heavy atom. The molecule has 0 unspecified atom stereocenters. The lowest BCUT2D eigenvalue weighted by Crippen LogP contribution is -2.55. The van der Waals surface area contributed by atoms with Crippen molar-refractivity contribution in [2.24, 2.45) is 0 Å². The molecule has 4 aromatic rings. The SMILES string of the molecule is COc1cccc(N(CC(=O)N(Cc2ccccc2C)[C@@H](Cc2ccccc2)C(=O)NC2CCCCC2)S(=O)(=O)c2ccc(C)cc2)c1. The zero-order valence-electron chi connectivity index (χ0n) is 28.0. The molecule has 0 radical (unpaired) electrons. The standard InChI is InChI=1S/C39H45N3O5S/c1-29-21-23-36(24-22-29)48(45,46)42(34-19-12-20-35(26-34)47-3)28-38(43)41(27-32-16-11-10-13-30(32)2)37(25-31-14-6-4-7-15-31)39(44)40-33-17-8-5-9-18-33/h4,6-7,10-16,19-24,26,33,37H,5,8-9,17-18,25,27-28H2,1-3H3,(H,40,44)/t37-/m0/s1. The lowest BCUT2D eigenvalue weighted by molar-refractivity contribution is -0.140. The fourth-order valence-corrected chi connectivity index (χ4v) is 7.61. The van der Waals surface area contributed by atoms with Crippen molar-refractivity contribution in [3.63, 3.8) is 0 Å². The number of anilines is 1. The third kappa shape index (κ3) is 8.63. The number of aryl methyl sites for hydroxylation is 2. The molecule has 1 aliphatic rings. The number of methoxy groups -OCH3 is 1. The first-order chi connectivity index (χ1) is 23.2. The number of carbonyl (C=O) groups excluding carboxylic acids is 2. The van der Waals surface area contributed by atoms with Crippen molar-refractivity contribution in [1.82, 2.24) is 10.2 Å². The van der Waals surface area contributed by atoms with Gasteiger partial charge in [-0.15, -0.1) is 0 Å². The van der Waals surface area contributed by atoms with Crippen molar-refractivity contribution in [2.75, 3.05) is 18.0 Å². The van der Waals surface area contributed by atoms with Gasteiger partial charge in [0.15, 0.2) is 0 Å². The highest BCUT2D eigenvalue weighted by Crippen LogP contribution is 2.28. The lowest BCUT2D eigenvalue weighted by atomic mass is 9.94. The Balaban J connectivity index is 1.58. The number of carbonyl (C=O) groups is 2. The summed E-state index contributed by atoms with van der Waals surface area (Å²) in [7, 11) is -2.70. The maximum atomic E-state index is 14.8. The molecule has 1 aliphatic carbocycles. The van der Waals surface area contributed by atoms with E-state index in [9.17, 15) is 18.0 Å². The monoisotopic (exact) mass is 667 g/mol. The van der Waals surface area contributed by atoms with E-state index in [0.29, 0.717) is 5.75 Å². The van der Waals surface area contributed by atoms with E-state index in [1.165, 1.54) is 7.11 Å². The highest BCUT2D eigenvalue weighted by Gasteiger charge is 2.35. The number of amides is 2. The maximum Gasteiger partial charge on any atom is 0.264 e. The summed E-state index contributed by atoms with van der Waals surface area (Å²) in [6.07, 6.45) is 5.31. The van der Waals surface area contributed by atoms with Gasteiger partial charge in [0, 0.05) is 25.1 Å². The lowest BCUT2D eigenvalue weighted by Gasteiger charge is -2.35. The minimum atomic E-state index is -4.20. The summed E-state index contributed by atoms with van der Waals surface area (Å²) in [5.74, 6) is -0.270. The molecule has 48 heavy (non-hydrogen) atoms. The molecular weight excluding hydrogens is 623 g/mol. The van der Waals surface area contributed by atoms with Gasteiger partial charge < -0.3 is 15.0 Å². The third-order valence-corrected chi connectivity index (χ3v) is 10.8. The third-order valence-electron chi connectivity index (χ3n) is 9.05. The molecule has 0 bridgehead atoms. The van der Waals surface area contributed by atoms with Crippen LogP contribution < -0.4 is 14.4 Å². The Morgan fingerprint density at radius 3 is 2.23 bits per heavy atom. The van der Waals surface area contributed by atoms with Crippen LogP contribution in [-0.2, 0) is 32.6 Å². The summed E-state index contributed by atoms with van der Waals surface area (Å²) < 4.78 is 35.2. The van der Waals surface area contributed by atoms with E-state index < -0.39 is 28.5 Å². The van der Waals surface area contributed by atoms with Crippen molar-refractivity contribution in [2.45, 2.75) is 75.9 Å². The predicted molar refractivity (Wildman–Crippen MR) is 189 cm³/mol. The normalized spacial score (nSPS) is 14.1. The number of hydrogen-bond donors (Lipinski definition) is 1. The van der Waals surface area contributed by atoms with E-state index in [4.69, 9.17) is 4.74 Å². The molecule has 8 nitrogen and oxygen atoms in total. The fraction of sp³-hybridized carbons (Fsp3) is 0.333. The molecule has 0 heterocycles. The Labute approximate surface area is 284 Å². The second-order valence-corrected chi connectivity index (χ2v) is 14.4. The summed E-state index contributed by atoms with van der Waals surface area (Å²) >= 11 is 0. The van der Waals surface area contributed by atoms with Gasteiger partial charge in [0.05, 0.1) is 17.7 Å². The smallest absolute Gasteiger partial charge is 0.264 e. The number of nitrogens with zero attached hydrogens (tertiary/aromatic N) is 2. The van der Waals surface area contributed by atoms with Gasteiger partial charge in [0.2, 0.25) is 11.8 Å². The summed E-state index contributed by atoms with van der Waals surface area (Å²) in [5, 5.41) is 3.26. The summed E-state index contributed by atoms with van der Waals surface area (Å²) in [6, 6.07) is 29.7. The quantitative estimate of drug-likeness (QED) is 0.174. The number of hydrogen-bond acceptors (Lipinski definition) is 5. The van der Waals surface area contributed by atoms with Crippen LogP contribution in [0.25, 0.3) is 0 Å². The average molecular weight is 668 g/mol. The van der Waals surface area contributed by atoms with E-state index in [2.05, 4.69) is 5.32 Å².